The van der Waals surface area contributed by atoms with E-state index in [4.69, 9.17) is 0 Å². The highest BCUT2D eigenvalue weighted by Crippen LogP contribution is 2.31. The van der Waals surface area contributed by atoms with Gasteiger partial charge in [0, 0.05) is 17.7 Å². The normalized spacial score (nSPS) is 10.8. The second-order valence-electron chi connectivity index (χ2n) is 5.78. The number of aromatic nitrogens is 2. The molecule has 0 saturated carbocycles. The van der Waals surface area contributed by atoms with E-state index < -0.39 is 4.92 Å². The fraction of sp³-hybridized carbons (Fsp3) is 0. The topological polar surface area (TPSA) is 88.9 Å². The molecule has 1 N–H and O–H groups in total. The predicted octanol–water partition coefficient (Wildman–Crippen LogP) is 4.17. The van der Waals surface area contributed by atoms with Gasteiger partial charge < -0.3 is 4.98 Å². The molecule has 6 heteroatoms. The molecule has 0 fully saturated rings. The number of nitro benzene ring substituents is 1. The van der Waals surface area contributed by atoms with Gasteiger partial charge in [0.25, 0.3) is 11.2 Å². The van der Waals surface area contributed by atoms with Crippen LogP contribution in [0.1, 0.15) is 0 Å². The van der Waals surface area contributed by atoms with E-state index in [0.717, 1.165) is 16.7 Å². The first-order valence-electron chi connectivity index (χ1n) is 7.97. The second-order valence-corrected chi connectivity index (χ2v) is 5.78. The molecular formula is C20H13N3O3. The molecule has 0 radical (unpaired) electrons. The van der Waals surface area contributed by atoms with Gasteiger partial charge in [0.1, 0.15) is 5.82 Å². The average molecular weight is 343 g/mol. The molecule has 26 heavy (non-hydrogen) atoms. The smallest absolute Gasteiger partial charge is 0.269 e. The number of nitrogens with zero attached hydrogens (tertiary/aromatic N) is 2. The van der Waals surface area contributed by atoms with Crippen LogP contribution in [0.5, 0.6) is 0 Å². The summed E-state index contributed by atoms with van der Waals surface area (Å²) in [6, 6.07) is 21.0. The molecule has 3 aromatic carbocycles. The van der Waals surface area contributed by atoms with Crippen molar-refractivity contribution in [2.45, 2.75) is 0 Å². The fourth-order valence-corrected chi connectivity index (χ4v) is 2.92. The van der Waals surface area contributed by atoms with E-state index >= 15 is 0 Å². The molecule has 126 valence electrons. The molecule has 1 aromatic heterocycles. The number of rotatable bonds is 3. The Kier molecular flexibility index (Phi) is 3.78. The zero-order valence-corrected chi connectivity index (χ0v) is 13.5. The van der Waals surface area contributed by atoms with Gasteiger partial charge in [-0.15, -0.1) is 0 Å². The van der Waals surface area contributed by atoms with Crippen LogP contribution in [0, 0.1) is 10.1 Å². The third-order valence-corrected chi connectivity index (χ3v) is 4.18. The lowest BCUT2D eigenvalue weighted by Gasteiger charge is -2.10. The summed E-state index contributed by atoms with van der Waals surface area (Å²) in [5.74, 6) is 0.461. The SMILES string of the molecule is O=c1[nH]c(-c2ccccc2-c2ccc([N+](=O)[O-])cc2)nc2ccccc12. The number of non-ortho nitro benzene ring substituents is 1. The molecule has 0 aliphatic heterocycles. The van der Waals surface area contributed by atoms with E-state index in [1.54, 1.807) is 30.3 Å². The monoisotopic (exact) mass is 343 g/mol. The zero-order valence-electron chi connectivity index (χ0n) is 13.5. The number of benzene rings is 3. The Morgan fingerprint density at radius 3 is 2.23 bits per heavy atom. The van der Waals surface area contributed by atoms with Gasteiger partial charge in [0.05, 0.1) is 15.8 Å². The van der Waals surface area contributed by atoms with Crippen molar-refractivity contribution in [2.75, 3.05) is 0 Å². The lowest BCUT2D eigenvalue weighted by atomic mass is 9.99. The summed E-state index contributed by atoms with van der Waals surface area (Å²) in [5.41, 5.74) is 2.84. The van der Waals surface area contributed by atoms with Gasteiger partial charge in [-0.25, -0.2) is 4.98 Å². The van der Waals surface area contributed by atoms with Crippen LogP contribution >= 0.6 is 0 Å². The maximum atomic E-state index is 12.4. The lowest BCUT2D eigenvalue weighted by Crippen LogP contribution is -2.09. The lowest BCUT2D eigenvalue weighted by molar-refractivity contribution is -0.384. The van der Waals surface area contributed by atoms with Gasteiger partial charge >= 0.3 is 0 Å². The maximum absolute atomic E-state index is 12.4. The van der Waals surface area contributed by atoms with Gasteiger partial charge in [-0.1, -0.05) is 36.4 Å². The first kappa shape index (κ1) is 15.7. The number of H-pyrrole nitrogens is 1. The van der Waals surface area contributed by atoms with Gasteiger partial charge in [0.2, 0.25) is 0 Å². The number of aromatic amines is 1. The molecule has 0 spiro atoms. The zero-order chi connectivity index (χ0) is 18.1. The standard InChI is InChI=1S/C20H13N3O3/c24-20-17-7-3-4-8-18(17)21-19(22-20)16-6-2-1-5-15(16)13-9-11-14(12-10-13)23(25)26/h1-12H,(H,21,22,24). The van der Waals surface area contributed by atoms with Crippen LogP contribution in [0.4, 0.5) is 5.69 Å². The van der Waals surface area contributed by atoms with Crippen molar-refractivity contribution in [2.24, 2.45) is 0 Å². The van der Waals surface area contributed by atoms with Crippen LogP contribution in [-0.4, -0.2) is 14.9 Å². The van der Waals surface area contributed by atoms with Crippen molar-refractivity contribution < 1.29 is 4.92 Å². The quantitative estimate of drug-likeness (QED) is 0.447. The van der Waals surface area contributed by atoms with Crippen molar-refractivity contribution >= 4 is 16.6 Å². The van der Waals surface area contributed by atoms with Gasteiger partial charge in [-0.05, 0) is 35.4 Å². The van der Waals surface area contributed by atoms with Crippen LogP contribution < -0.4 is 5.56 Å². The Bertz CT molecular complexity index is 1180. The van der Waals surface area contributed by atoms with E-state index in [1.807, 2.05) is 30.3 Å². The molecule has 0 atom stereocenters. The van der Waals surface area contributed by atoms with Crippen molar-refractivity contribution in [3.63, 3.8) is 0 Å². The van der Waals surface area contributed by atoms with Gasteiger partial charge in [-0.3, -0.25) is 14.9 Å². The summed E-state index contributed by atoms with van der Waals surface area (Å²) >= 11 is 0. The van der Waals surface area contributed by atoms with E-state index in [-0.39, 0.29) is 11.2 Å². The summed E-state index contributed by atoms with van der Waals surface area (Å²) in [6.45, 7) is 0. The van der Waals surface area contributed by atoms with Gasteiger partial charge in [-0.2, -0.15) is 0 Å². The molecule has 4 rings (SSSR count). The Morgan fingerprint density at radius 1 is 0.846 bits per heavy atom. The number of para-hydroxylation sites is 1. The molecule has 1 heterocycles. The minimum atomic E-state index is -0.432. The van der Waals surface area contributed by atoms with Crippen molar-refractivity contribution in [1.82, 2.24) is 9.97 Å². The van der Waals surface area contributed by atoms with Crippen LogP contribution in [0.15, 0.2) is 77.6 Å². The maximum Gasteiger partial charge on any atom is 0.269 e. The fourth-order valence-electron chi connectivity index (χ4n) is 2.92. The van der Waals surface area contributed by atoms with E-state index in [1.165, 1.54) is 12.1 Å². The summed E-state index contributed by atoms with van der Waals surface area (Å²) in [5, 5.41) is 11.4. The summed E-state index contributed by atoms with van der Waals surface area (Å²) in [4.78, 5) is 30.2. The summed E-state index contributed by atoms with van der Waals surface area (Å²) < 4.78 is 0. The Morgan fingerprint density at radius 2 is 1.50 bits per heavy atom. The molecule has 0 saturated heterocycles. The van der Waals surface area contributed by atoms with Crippen LogP contribution in [0.2, 0.25) is 0 Å². The van der Waals surface area contributed by atoms with Crippen molar-refractivity contribution in [1.29, 1.82) is 0 Å². The molecule has 0 aliphatic carbocycles. The van der Waals surface area contributed by atoms with Crippen molar-refractivity contribution in [3.05, 3.63) is 93.3 Å². The Labute approximate surface area is 147 Å². The highest BCUT2D eigenvalue weighted by molar-refractivity contribution is 5.84. The van der Waals surface area contributed by atoms with Crippen LogP contribution in [-0.2, 0) is 0 Å². The second kappa shape index (κ2) is 6.25. The highest BCUT2D eigenvalue weighted by Gasteiger charge is 2.12. The Balaban J connectivity index is 1.89. The average Bonchev–Trinajstić information content (AvgIpc) is 2.68. The van der Waals surface area contributed by atoms with E-state index in [9.17, 15) is 14.9 Å². The molecular weight excluding hydrogens is 330 g/mol. The molecule has 0 unspecified atom stereocenters. The molecule has 0 bridgehead atoms. The predicted molar refractivity (Wildman–Crippen MR) is 99.9 cm³/mol. The third kappa shape index (κ3) is 2.73. The number of nitro groups is 1. The Hall–Kier alpha value is -3.80. The van der Waals surface area contributed by atoms with E-state index in [2.05, 4.69) is 9.97 Å². The highest BCUT2D eigenvalue weighted by atomic mass is 16.6. The number of nitrogens with one attached hydrogen (secondary N) is 1. The first-order chi connectivity index (χ1) is 12.6. The molecule has 4 aromatic rings. The number of hydrogen-bond acceptors (Lipinski definition) is 4. The summed E-state index contributed by atoms with van der Waals surface area (Å²) in [6.07, 6.45) is 0. The molecule has 0 amide bonds. The molecule has 0 aliphatic rings. The first-order valence-corrected chi connectivity index (χ1v) is 7.97. The van der Waals surface area contributed by atoms with E-state index in [0.29, 0.717) is 16.7 Å². The third-order valence-electron chi connectivity index (χ3n) is 4.18. The van der Waals surface area contributed by atoms with Gasteiger partial charge in [0.15, 0.2) is 0 Å². The number of fused-ring (bicyclic) bond motifs is 1. The number of hydrogen-bond donors (Lipinski definition) is 1. The van der Waals surface area contributed by atoms with Crippen LogP contribution in [0.25, 0.3) is 33.4 Å². The van der Waals surface area contributed by atoms with Crippen LogP contribution in [0.3, 0.4) is 0 Å². The molecule has 6 nitrogen and oxygen atoms in total. The van der Waals surface area contributed by atoms with Crippen molar-refractivity contribution in [3.8, 4) is 22.5 Å². The largest absolute Gasteiger partial charge is 0.306 e. The minimum absolute atomic E-state index is 0.0310. The summed E-state index contributed by atoms with van der Waals surface area (Å²) in [7, 11) is 0. The minimum Gasteiger partial charge on any atom is -0.306 e.